The first-order chi connectivity index (χ1) is 35.5. The molecule has 0 aliphatic carbocycles. The Kier molecular flexibility index (Phi) is 20.2. The van der Waals surface area contributed by atoms with E-state index < -0.39 is 84.1 Å². The number of rotatable bonds is 22. The van der Waals surface area contributed by atoms with Crippen molar-refractivity contribution in [1.82, 2.24) is 5.32 Å². The van der Waals surface area contributed by atoms with Crippen molar-refractivity contribution >= 4 is 58.2 Å². The third-order valence-corrected chi connectivity index (χ3v) is 12.5. The third kappa shape index (κ3) is 15.6. The number of ether oxygens (including phenoxy) is 11. The lowest BCUT2D eigenvalue weighted by Crippen LogP contribution is -2.69. The highest BCUT2D eigenvalue weighted by Crippen LogP contribution is 2.40. The van der Waals surface area contributed by atoms with Crippen molar-refractivity contribution in [3.05, 3.63) is 195 Å². The number of halogens is 4. The Balaban J connectivity index is 1.19. The first-order valence-electron chi connectivity index (χ1n) is 23.4. The number of carbonyl (C=O) groups excluding carboxylic acids is 1. The van der Waals surface area contributed by atoms with Gasteiger partial charge in [0.05, 0.1) is 57.0 Å². The van der Waals surface area contributed by atoms with Crippen LogP contribution in [0.15, 0.2) is 157 Å². The predicted octanol–water partition coefficient (Wildman–Crippen LogP) is 11.2. The third-order valence-electron chi connectivity index (χ3n) is 11.9. The van der Waals surface area contributed by atoms with Crippen molar-refractivity contribution < 1.29 is 56.9 Å². The van der Waals surface area contributed by atoms with E-state index in [1.54, 1.807) is 24.3 Å². The number of amides is 1. The summed E-state index contributed by atoms with van der Waals surface area (Å²) in [6.07, 6.45) is -9.32. The SMILES string of the molecule is C=CCOC1O[C@H](COCc2ccccc2)[C@@H](O[C@@H]2O[C@@H]3COC(c4ccccc4)O[C@H]3[C@H](OCc3ccc(N=[N+]=[N-])c(Cl)c3)[C@@H]2OCc2ccccc2)[C@H](OCc2ccccc2)[C@H]1NC(=O)OCC(Cl)(Cl)Cl. The fraction of sp³-hybridized carbons (Fsp3) is 0.377. The van der Waals surface area contributed by atoms with Crippen LogP contribution in [-0.2, 0) is 78.5 Å². The molecule has 0 spiro atoms. The van der Waals surface area contributed by atoms with Gasteiger partial charge in [-0.05, 0) is 33.9 Å². The Bertz CT molecular complexity index is 2550. The molecule has 5 aromatic carbocycles. The van der Waals surface area contributed by atoms with Gasteiger partial charge in [-0.15, -0.1) is 6.58 Å². The monoisotopic (exact) mass is 1080 g/mol. The Morgan fingerprint density at radius 2 is 1.33 bits per heavy atom. The Morgan fingerprint density at radius 3 is 1.95 bits per heavy atom. The summed E-state index contributed by atoms with van der Waals surface area (Å²) in [6, 6.07) is 42.2. The maximum Gasteiger partial charge on any atom is 0.407 e. The quantitative estimate of drug-likeness (QED) is 0.0228. The zero-order valence-electron chi connectivity index (χ0n) is 39.3. The molecule has 1 amide bonds. The average Bonchev–Trinajstić information content (AvgIpc) is 3.40. The molecule has 16 nitrogen and oxygen atoms in total. The summed E-state index contributed by atoms with van der Waals surface area (Å²) < 4.78 is 70.8. The topological polar surface area (TPSA) is 179 Å². The number of fused-ring (bicyclic) bond motifs is 1. The van der Waals surface area contributed by atoms with E-state index >= 15 is 0 Å². The number of alkyl carbamates (subject to hydrolysis) is 1. The number of hydrogen-bond donors (Lipinski definition) is 1. The number of benzene rings is 5. The van der Waals surface area contributed by atoms with Crippen molar-refractivity contribution in [2.45, 2.75) is 97.9 Å². The highest BCUT2D eigenvalue weighted by atomic mass is 35.6. The molecule has 1 N–H and O–H groups in total. The summed E-state index contributed by atoms with van der Waals surface area (Å²) in [5.74, 6) is 0. The van der Waals surface area contributed by atoms with Crippen molar-refractivity contribution in [3.8, 4) is 0 Å². The van der Waals surface area contributed by atoms with Crippen LogP contribution in [0, 0.1) is 0 Å². The number of carbonyl (C=O) groups is 1. The number of alkyl halides is 3. The molecule has 0 saturated carbocycles. The van der Waals surface area contributed by atoms with Gasteiger partial charge in [0.2, 0.25) is 3.79 Å². The Morgan fingerprint density at radius 1 is 0.726 bits per heavy atom. The molecule has 11 atom stereocenters. The van der Waals surface area contributed by atoms with Crippen LogP contribution in [0.4, 0.5) is 10.5 Å². The molecule has 20 heteroatoms. The first-order valence-corrected chi connectivity index (χ1v) is 24.9. The van der Waals surface area contributed by atoms with E-state index in [0.717, 1.165) is 22.3 Å². The molecule has 0 radical (unpaired) electrons. The second-order valence-electron chi connectivity index (χ2n) is 17.1. The van der Waals surface area contributed by atoms with Gasteiger partial charge < -0.3 is 57.4 Å². The van der Waals surface area contributed by atoms with Crippen LogP contribution in [0.1, 0.15) is 34.1 Å². The molecule has 3 heterocycles. The van der Waals surface area contributed by atoms with E-state index in [-0.39, 0.29) is 57.0 Å². The maximum absolute atomic E-state index is 13.7. The lowest BCUT2D eigenvalue weighted by Gasteiger charge is -2.51. The van der Waals surface area contributed by atoms with Gasteiger partial charge in [-0.3, -0.25) is 0 Å². The minimum atomic E-state index is -1.91. The van der Waals surface area contributed by atoms with Crippen LogP contribution < -0.4 is 5.32 Å². The molecule has 3 aliphatic rings. The minimum absolute atomic E-state index is 0.0121. The second-order valence-corrected chi connectivity index (χ2v) is 20.0. The second kappa shape index (κ2) is 27.1. The fourth-order valence-electron chi connectivity index (χ4n) is 8.50. The van der Waals surface area contributed by atoms with Gasteiger partial charge in [0.15, 0.2) is 18.9 Å². The minimum Gasteiger partial charge on any atom is -0.445 e. The van der Waals surface area contributed by atoms with Crippen LogP contribution in [0.5, 0.6) is 0 Å². The van der Waals surface area contributed by atoms with E-state index in [0.29, 0.717) is 5.56 Å². The summed E-state index contributed by atoms with van der Waals surface area (Å²) in [6.45, 7) is 3.70. The van der Waals surface area contributed by atoms with E-state index in [1.165, 1.54) is 0 Å². The molecule has 3 aliphatic heterocycles. The molecule has 0 bridgehead atoms. The van der Waals surface area contributed by atoms with Gasteiger partial charge in [-0.25, -0.2) is 4.79 Å². The molecule has 3 fully saturated rings. The number of azide groups is 1. The molecule has 3 saturated heterocycles. The van der Waals surface area contributed by atoms with E-state index in [2.05, 4.69) is 21.9 Å². The lowest BCUT2D eigenvalue weighted by atomic mass is 9.94. The molecular weight excluding hydrogens is 1030 g/mol. The molecule has 386 valence electrons. The standard InChI is InChI=1S/C53H54Cl4N4O12/c1-2-25-64-50-43(59-52(62)69-33-53(55,56)57)46(65-28-35-17-9-4-10-18-35)44(41(70-50)31-63-27-34-15-7-3-8-16-34)73-51-48(67-29-36-19-11-5-12-20-36)47(66-30-37-23-24-40(60-61-58)39(54)26-37)45-42(71-51)32-68-49(72-45)38-21-13-6-14-22-38/h2-24,26,41-51H,1,25,27-33H2,(H,59,62)/t41-,42-,43-,44-,45-,46-,47+,48+,49?,50?,51+/m1/s1. The maximum atomic E-state index is 13.7. The molecular formula is C53H54Cl4N4O12. The highest BCUT2D eigenvalue weighted by molar-refractivity contribution is 6.67. The van der Waals surface area contributed by atoms with Gasteiger partial charge in [-0.2, -0.15) is 0 Å². The first kappa shape index (κ1) is 54.4. The van der Waals surface area contributed by atoms with Crippen LogP contribution in [-0.4, -0.2) is 97.7 Å². The number of nitrogens with one attached hydrogen (secondary N) is 1. The zero-order valence-corrected chi connectivity index (χ0v) is 42.3. The summed E-state index contributed by atoms with van der Waals surface area (Å²) in [5, 5.41) is 6.78. The van der Waals surface area contributed by atoms with Crippen LogP contribution in [0.3, 0.4) is 0 Å². The smallest absolute Gasteiger partial charge is 0.407 e. The summed E-state index contributed by atoms with van der Waals surface area (Å²) in [5.41, 5.74) is 13.4. The number of hydrogen-bond acceptors (Lipinski definition) is 13. The molecule has 73 heavy (non-hydrogen) atoms. The molecule has 5 aromatic rings. The Hall–Kier alpha value is -4.82. The molecule has 0 aromatic heterocycles. The van der Waals surface area contributed by atoms with Gasteiger partial charge in [-0.1, -0.05) is 191 Å². The summed E-state index contributed by atoms with van der Waals surface area (Å²) >= 11 is 24.6. The van der Waals surface area contributed by atoms with E-state index in [4.69, 9.17) is 104 Å². The largest absolute Gasteiger partial charge is 0.445 e. The zero-order chi connectivity index (χ0) is 51.0. The fourth-order valence-corrected chi connectivity index (χ4v) is 8.91. The molecule has 8 rings (SSSR count). The normalized spacial score (nSPS) is 25.9. The Labute approximate surface area is 443 Å². The predicted molar refractivity (Wildman–Crippen MR) is 272 cm³/mol. The lowest BCUT2D eigenvalue weighted by molar-refractivity contribution is -0.391. The van der Waals surface area contributed by atoms with Gasteiger partial charge in [0.25, 0.3) is 0 Å². The van der Waals surface area contributed by atoms with Crippen LogP contribution >= 0.6 is 46.4 Å². The van der Waals surface area contributed by atoms with Crippen LogP contribution in [0.25, 0.3) is 10.4 Å². The van der Waals surface area contributed by atoms with Crippen molar-refractivity contribution in [2.75, 3.05) is 26.4 Å². The van der Waals surface area contributed by atoms with Crippen molar-refractivity contribution in [2.24, 2.45) is 5.11 Å². The van der Waals surface area contributed by atoms with Crippen molar-refractivity contribution in [1.29, 1.82) is 0 Å². The van der Waals surface area contributed by atoms with E-state index in [9.17, 15) is 4.79 Å². The highest BCUT2D eigenvalue weighted by Gasteiger charge is 2.56. The van der Waals surface area contributed by atoms with Crippen LogP contribution in [0.2, 0.25) is 5.02 Å². The molecule has 2 unspecified atom stereocenters. The van der Waals surface area contributed by atoms with Gasteiger partial charge >= 0.3 is 6.09 Å². The number of nitrogens with zero attached hydrogens (tertiary/aromatic N) is 3. The summed E-state index contributed by atoms with van der Waals surface area (Å²) in [4.78, 5) is 16.6. The summed E-state index contributed by atoms with van der Waals surface area (Å²) in [7, 11) is 0. The van der Waals surface area contributed by atoms with Crippen molar-refractivity contribution in [3.63, 3.8) is 0 Å². The van der Waals surface area contributed by atoms with E-state index in [1.807, 2.05) is 121 Å². The van der Waals surface area contributed by atoms with Gasteiger partial charge in [0, 0.05) is 10.5 Å². The van der Waals surface area contributed by atoms with Gasteiger partial charge in [0.1, 0.15) is 55.4 Å². The average molecular weight is 1080 g/mol.